The Kier molecular flexibility index (Phi) is 3.82. The lowest BCUT2D eigenvalue weighted by Gasteiger charge is -2.36. The topological polar surface area (TPSA) is 30.5 Å². The third-order valence-corrected chi connectivity index (χ3v) is 5.54. The maximum atomic E-state index is 6.09. The second-order valence-corrected chi connectivity index (χ2v) is 7.20. The predicted molar refractivity (Wildman–Crippen MR) is 95.0 cm³/mol. The molecule has 0 aromatic heterocycles. The molecule has 2 aromatic rings. The zero-order chi connectivity index (χ0) is 16.0. The molecule has 0 unspecified atom stereocenters. The molecule has 2 aliphatic rings. The van der Waals surface area contributed by atoms with Crippen LogP contribution in [0.1, 0.15) is 35.3 Å². The summed E-state index contributed by atoms with van der Waals surface area (Å²) in [6.45, 7) is 2.97. The van der Waals surface area contributed by atoms with Crippen molar-refractivity contribution in [3.63, 3.8) is 0 Å². The third kappa shape index (κ3) is 2.54. The largest absolute Gasteiger partial charge is 0.496 e. The number of fused-ring (bicyclic) bond motifs is 3. The smallest absolute Gasteiger partial charge is 0.133 e. The second-order valence-electron chi connectivity index (χ2n) is 6.35. The quantitative estimate of drug-likeness (QED) is 0.802. The molecule has 4 rings (SSSR count). The van der Waals surface area contributed by atoms with Gasteiger partial charge in [0.05, 0.1) is 23.7 Å². The summed E-state index contributed by atoms with van der Waals surface area (Å²) in [6, 6.07) is 13.2. The van der Waals surface area contributed by atoms with Crippen LogP contribution in [0.25, 0.3) is 0 Å². The van der Waals surface area contributed by atoms with Crippen molar-refractivity contribution in [2.75, 3.05) is 19.0 Å². The van der Waals surface area contributed by atoms with E-state index in [1.54, 1.807) is 7.11 Å². The van der Waals surface area contributed by atoms with Crippen LogP contribution in [0.3, 0.4) is 0 Å². The monoisotopic (exact) mass is 373 g/mol. The number of nitrogens with one attached hydrogen (secondary N) is 1. The van der Waals surface area contributed by atoms with Crippen molar-refractivity contribution in [1.82, 2.24) is 0 Å². The van der Waals surface area contributed by atoms with Gasteiger partial charge in [-0.3, -0.25) is 0 Å². The van der Waals surface area contributed by atoms with Gasteiger partial charge in [-0.15, -0.1) is 0 Å². The number of hydrogen-bond acceptors (Lipinski definition) is 3. The highest BCUT2D eigenvalue weighted by Crippen LogP contribution is 2.50. The predicted octanol–water partition coefficient (Wildman–Crippen LogP) is 5.01. The first-order chi connectivity index (χ1) is 11.2. The van der Waals surface area contributed by atoms with Gasteiger partial charge in [-0.25, -0.2) is 0 Å². The zero-order valence-corrected chi connectivity index (χ0v) is 14.9. The fourth-order valence-electron chi connectivity index (χ4n) is 3.80. The molecule has 1 N–H and O–H groups in total. The minimum Gasteiger partial charge on any atom is -0.496 e. The standard InChI is InChI=1S/C19H20BrNO2/c1-11-3-5-16-14(9-11)19-13(7-8-23-19)18(21-16)12-4-6-17(22-2)15(20)10-12/h3-6,9-10,13,18-19,21H,7-8H2,1-2H3/t13-,18+,19+/m1/s1. The van der Waals surface area contributed by atoms with Gasteiger partial charge in [-0.1, -0.05) is 23.8 Å². The Morgan fingerprint density at radius 2 is 2.09 bits per heavy atom. The first-order valence-electron chi connectivity index (χ1n) is 7.99. The number of halogens is 1. The summed E-state index contributed by atoms with van der Waals surface area (Å²) >= 11 is 3.60. The normalized spacial score (nSPS) is 25.4. The maximum absolute atomic E-state index is 6.09. The van der Waals surface area contributed by atoms with E-state index >= 15 is 0 Å². The van der Waals surface area contributed by atoms with Crippen LogP contribution in [0.5, 0.6) is 5.75 Å². The van der Waals surface area contributed by atoms with Crippen LogP contribution < -0.4 is 10.1 Å². The van der Waals surface area contributed by atoms with Crippen molar-refractivity contribution in [2.45, 2.75) is 25.5 Å². The average Bonchev–Trinajstić information content (AvgIpc) is 3.04. The lowest BCUT2D eigenvalue weighted by Crippen LogP contribution is -2.29. The van der Waals surface area contributed by atoms with Crippen molar-refractivity contribution >= 4 is 21.6 Å². The molecule has 2 heterocycles. The first-order valence-corrected chi connectivity index (χ1v) is 8.79. The Balaban J connectivity index is 1.75. The summed E-state index contributed by atoms with van der Waals surface area (Å²) in [7, 11) is 1.69. The molecular weight excluding hydrogens is 354 g/mol. The van der Waals surface area contributed by atoms with Gasteiger partial charge < -0.3 is 14.8 Å². The van der Waals surface area contributed by atoms with Gasteiger partial charge in [0.1, 0.15) is 5.75 Å². The molecule has 23 heavy (non-hydrogen) atoms. The minimum atomic E-state index is 0.192. The highest BCUT2D eigenvalue weighted by Gasteiger charge is 2.41. The summed E-state index contributed by atoms with van der Waals surface area (Å²) in [6.07, 6.45) is 1.27. The van der Waals surface area contributed by atoms with Gasteiger partial charge >= 0.3 is 0 Å². The molecule has 2 aromatic carbocycles. The van der Waals surface area contributed by atoms with E-state index < -0.39 is 0 Å². The molecule has 0 spiro atoms. The van der Waals surface area contributed by atoms with E-state index in [9.17, 15) is 0 Å². The summed E-state index contributed by atoms with van der Waals surface area (Å²) < 4.78 is 12.4. The van der Waals surface area contributed by atoms with Gasteiger partial charge in [0, 0.05) is 23.8 Å². The lowest BCUT2D eigenvalue weighted by molar-refractivity contribution is 0.0829. The molecule has 0 radical (unpaired) electrons. The van der Waals surface area contributed by atoms with Crippen LogP contribution >= 0.6 is 15.9 Å². The Hall–Kier alpha value is -1.52. The molecule has 0 aliphatic carbocycles. The number of ether oxygens (including phenoxy) is 2. The molecule has 3 nitrogen and oxygen atoms in total. The van der Waals surface area contributed by atoms with Gasteiger partial charge in [0.15, 0.2) is 0 Å². The highest BCUT2D eigenvalue weighted by molar-refractivity contribution is 9.10. The fraction of sp³-hybridized carbons (Fsp3) is 0.368. The SMILES string of the molecule is COc1ccc([C@@H]2Nc3ccc(C)cc3[C@H]3OCC[C@@H]32)cc1Br. The molecular formula is C19H20BrNO2. The Bertz CT molecular complexity index is 746. The molecule has 120 valence electrons. The van der Waals surface area contributed by atoms with Gasteiger partial charge in [0.2, 0.25) is 0 Å². The third-order valence-electron chi connectivity index (χ3n) is 4.93. The van der Waals surface area contributed by atoms with E-state index in [0.717, 1.165) is 23.2 Å². The van der Waals surface area contributed by atoms with Crippen LogP contribution in [0.4, 0.5) is 5.69 Å². The van der Waals surface area contributed by atoms with E-state index in [0.29, 0.717) is 5.92 Å². The van der Waals surface area contributed by atoms with E-state index in [4.69, 9.17) is 9.47 Å². The van der Waals surface area contributed by atoms with Crippen LogP contribution in [0.2, 0.25) is 0 Å². The lowest BCUT2D eigenvalue weighted by atomic mass is 9.80. The molecule has 0 amide bonds. The summed E-state index contributed by atoms with van der Waals surface area (Å²) in [5.74, 6) is 1.32. The van der Waals surface area contributed by atoms with Crippen LogP contribution in [-0.4, -0.2) is 13.7 Å². The average molecular weight is 374 g/mol. The molecule has 1 saturated heterocycles. The van der Waals surface area contributed by atoms with E-state index in [1.807, 2.05) is 6.07 Å². The maximum Gasteiger partial charge on any atom is 0.133 e. The molecule has 0 saturated carbocycles. The number of rotatable bonds is 2. The van der Waals surface area contributed by atoms with Crippen molar-refractivity contribution in [2.24, 2.45) is 5.92 Å². The van der Waals surface area contributed by atoms with Gasteiger partial charge in [0.25, 0.3) is 0 Å². The Morgan fingerprint density at radius 1 is 1.22 bits per heavy atom. The Labute approximate surface area is 145 Å². The second kappa shape index (κ2) is 5.84. The van der Waals surface area contributed by atoms with Gasteiger partial charge in [-0.2, -0.15) is 0 Å². The molecule has 1 fully saturated rings. The van der Waals surface area contributed by atoms with Crippen molar-refractivity contribution in [3.8, 4) is 5.75 Å². The molecule has 2 aliphatic heterocycles. The van der Waals surface area contributed by atoms with E-state index in [2.05, 4.69) is 58.5 Å². The first kappa shape index (κ1) is 15.0. The molecule has 3 atom stereocenters. The van der Waals surface area contributed by atoms with E-state index in [-0.39, 0.29) is 12.1 Å². The molecule has 4 heteroatoms. The summed E-state index contributed by atoms with van der Waals surface area (Å²) in [5.41, 5.74) is 5.04. The van der Waals surface area contributed by atoms with Gasteiger partial charge in [-0.05, 0) is 53.0 Å². The highest BCUT2D eigenvalue weighted by atomic mass is 79.9. The fourth-order valence-corrected chi connectivity index (χ4v) is 4.36. The number of methoxy groups -OCH3 is 1. The van der Waals surface area contributed by atoms with Crippen LogP contribution in [0, 0.1) is 12.8 Å². The number of anilines is 1. The van der Waals surface area contributed by atoms with Crippen molar-refractivity contribution in [1.29, 1.82) is 0 Å². The van der Waals surface area contributed by atoms with Crippen molar-refractivity contribution < 1.29 is 9.47 Å². The number of benzene rings is 2. The van der Waals surface area contributed by atoms with Crippen LogP contribution in [-0.2, 0) is 4.74 Å². The van der Waals surface area contributed by atoms with E-state index in [1.165, 1.54) is 22.4 Å². The van der Waals surface area contributed by atoms with Crippen LogP contribution in [0.15, 0.2) is 40.9 Å². The van der Waals surface area contributed by atoms with Crippen molar-refractivity contribution in [3.05, 3.63) is 57.6 Å². The summed E-state index contributed by atoms with van der Waals surface area (Å²) in [5, 5.41) is 3.73. The Morgan fingerprint density at radius 3 is 2.87 bits per heavy atom. The summed E-state index contributed by atoms with van der Waals surface area (Å²) in [4.78, 5) is 0. The minimum absolute atomic E-state index is 0.192. The number of hydrogen-bond donors (Lipinski definition) is 1. The number of aryl methyl sites for hydroxylation is 1. The zero-order valence-electron chi connectivity index (χ0n) is 13.3. The molecule has 0 bridgehead atoms.